The number of H-pyrrole nitrogens is 1. The maximum Gasteiger partial charge on any atom is 0.155 e. The number of aromatic nitrogens is 4. The van der Waals surface area contributed by atoms with Crippen molar-refractivity contribution >= 4 is 0 Å². The summed E-state index contributed by atoms with van der Waals surface area (Å²) < 4.78 is 1.93. The van der Waals surface area contributed by atoms with Gasteiger partial charge in [0, 0.05) is 19.3 Å². The molecule has 0 spiro atoms. The van der Waals surface area contributed by atoms with Crippen LogP contribution in [0, 0.1) is 0 Å². The van der Waals surface area contributed by atoms with E-state index in [2.05, 4.69) is 20.3 Å². The SMILES string of the molecule is CNCc1cnc(-c2cncn2C)[nH]1. The Morgan fingerprint density at radius 3 is 3.00 bits per heavy atom. The Balaban J connectivity index is 2.29. The molecule has 0 amide bonds. The van der Waals surface area contributed by atoms with Crippen LogP contribution in [-0.4, -0.2) is 26.6 Å². The minimum Gasteiger partial charge on any atom is -0.339 e. The predicted molar refractivity (Wildman–Crippen MR) is 53.6 cm³/mol. The summed E-state index contributed by atoms with van der Waals surface area (Å²) >= 11 is 0. The molecule has 0 fully saturated rings. The number of imidazole rings is 2. The summed E-state index contributed by atoms with van der Waals surface area (Å²) in [7, 11) is 3.85. The van der Waals surface area contributed by atoms with Crippen LogP contribution in [0.2, 0.25) is 0 Å². The monoisotopic (exact) mass is 191 g/mol. The summed E-state index contributed by atoms with van der Waals surface area (Å²) in [6.45, 7) is 0.796. The minimum absolute atomic E-state index is 0.796. The quantitative estimate of drug-likeness (QED) is 0.744. The van der Waals surface area contributed by atoms with E-state index < -0.39 is 0 Å². The van der Waals surface area contributed by atoms with Gasteiger partial charge < -0.3 is 14.9 Å². The largest absolute Gasteiger partial charge is 0.339 e. The van der Waals surface area contributed by atoms with E-state index in [1.165, 1.54) is 0 Å². The number of hydrogen-bond acceptors (Lipinski definition) is 3. The van der Waals surface area contributed by atoms with Gasteiger partial charge in [0.15, 0.2) is 5.82 Å². The third kappa shape index (κ3) is 1.54. The molecule has 0 aliphatic carbocycles. The van der Waals surface area contributed by atoms with E-state index in [-0.39, 0.29) is 0 Å². The Morgan fingerprint density at radius 2 is 2.36 bits per heavy atom. The fourth-order valence-electron chi connectivity index (χ4n) is 1.35. The lowest BCUT2D eigenvalue weighted by Crippen LogP contribution is -2.05. The van der Waals surface area contributed by atoms with Gasteiger partial charge in [-0.2, -0.15) is 0 Å². The van der Waals surface area contributed by atoms with Crippen LogP contribution in [0.5, 0.6) is 0 Å². The van der Waals surface area contributed by atoms with Crippen molar-refractivity contribution in [1.29, 1.82) is 0 Å². The van der Waals surface area contributed by atoms with E-state index in [1.807, 2.05) is 24.9 Å². The molecule has 2 N–H and O–H groups in total. The molecule has 5 heteroatoms. The molecule has 0 aliphatic heterocycles. The Hall–Kier alpha value is -1.62. The van der Waals surface area contributed by atoms with Gasteiger partial charge in [0.25, 0.3) is 0 Å². The van der Waals surface area contributed by atoms with Crippen molar-refractivity contribution in [2.45, 2.75) is 6.54 Å². The van der Waals surface area contributed by atoms with Gasteiger partial charge in [-0.3, -0.25) is 0 Å². The molecule has 2 heterocycles. The lowest BCUT2D eigenvalue weighted by molar-refractivity contribution is 0.797. The third-order valence-corrected chi connectivity index (χ3v) is 2.05. The molecule has 0 atom stereocenters. The number of aryl methyl sites for hydroxylation is 1. The topological polar surface area (TPSA) is 58.5 Å². The predicted octanol–water partition coefficient (Wildman–Crippen LogP) is 0.530. The molecule has 14 heavy (non-hydrogen) atoms. The minimum atomic E-state index is 0.796. The summed E-state index contributed by atoms with van der Waals surface area (Å²) in [5.41, 5.74) is 2.07. The molecule has 2 aromatic heterocycles. The van der Waals surface area contributed by atoms with E-state index in [0.717, 1.165) is 23.8 Å². The van der Waals surface area contributed by atoms with Crippen LogP contribution in [0.3, 0.4) is 0 Å². The Labute approximate surface area is 82.2 Å². The van der Waals surface area contributed by atoms with Crippen molar-refractivity contribution in [1.82, 2.24) is 24.8 Å². The lowest BCUT2D eigenvalue weighted by Gasteiger charge is -1.97. The zero-order valence-electron chi connectivity index (χ0n) is 8.28. The van der Waals surface area contributed by atoms with Crippen molar-refractivity contribution in [2.24, 2.45) is 7.05 Å². The van der Waals surface area contributed by atoms with Crippen LogP contribution >= 0.6 is 0 Å². The van der Waals surface area contributed by atoms with Crippen LogP contribution in [0.15, 0.2) is 18.7 Å². The number of aromatic amines is 1. The fourth-order valence-corrected chi connectivity index (χ4v) is 1.35. The van der Waals surface area contributed by atoms with E-state index in [4.69, 9.17) is 0 Å². The van der Waals surface area contributed by atoms with Crippen LogP contribution in [-0.2, 0) is 13.6 Å². The average Bonchev–Trinajstić information content (AvgIpc) is 2.74. The molecule has 0 saturated heterocycles. The highest BCUT2D eigenvalue weighted by atomic mass is 15.1. The maximum absolute atomic E-state index is 4.28. The Bertz CT molecular complexity index is 414. The van der Waals surface area contributed by atoms with Crippen molar-refractivity contribution in [3.05, 3.63) is 24.4 Å². The molecule has 0 radical (unpaired) electrons. The van der Waals surface area contributed by atoms with Crippen molar-refractivity contribution in [2.75, 3.05) is 7.05 Å². The van der Waals surface area contributed by atoms with E-state index in [1.54, 1.807) is 12.5 Å². The second kappa shape index (κ2) is 3.63. The molecule has 0 aromatic carbocycles. The van der Waals surface area contributed by atoms with Gasteiger partial charge in [0.1, 0.15) is 5.69 Å². The maximum atomic E-state index is 4.28. The highest BCUT2D eigenvalue weighted by molar-refractivity contribution is 5.48. The second-order valence-electron chi connectivity index (χ2n) is 3.18. The fraction of sp³-hybridized carbons (Fsp3) is 0.333. The van der Waals surface area contributed by atoms with Crippen molar-refractivity contribution in [3.8, 4) is 11.5 Å². The summed E-state index contributed by atoms with van der Waals surface area (Å²) in [6.07, 6.45) is 5.39. The van der Waals surface area contributed by atoms with Crippen LogP contribution in [0.1, 0.15) is 5.69 Å². The van der Waals surface area contributed by atoms with Crippen molar-refractivity contribution < 1.29 is 0 Å². The van der Waals surface area contributed by atoms with Crippen LogP contribution < -0.4 is 5.32 Å². The zero-order chi connectivity index (χ0) is 9.97. The molecular formula is C9H13N5. The Morgan fingerprint density at radius 1 is 1.50 bits per heavy atom. The molecular weight excluding hydrogens is 178 g/mol. The van der Waals surface area contributed by atoms with Crippen LogP contribution in [0.25, 0.3) is 11.5 Å². The molecule has 0 bridgehead atoms. The molecule has 2 rings (SSSR count). The highest BCUT2D eigenvalue weighted by Gasteiger charge is 2.05. The summed E-state index contributed by atoms with van der Waals surface area (Å²) in [6, 6.07) is 0. The van der Waals surface area contributed by atoms with E-state index in [0.29, 0.717) is 0 Å². The van der Waals surface area contributed by atoms with E-state index >= 15 is 0 Å². The van der Waals surface area contributed by atoms with Gasteiger partial charge in [-0.25, -0.2) is 9.97 Å². The lowest BCUT2D eigenvalue weighted by atomic mass is 10.4. The van der Waals surface area contributed by atoms with Gasteiger partial charge in [-0.05, 0) is 7.05 Å². The van der Waals surface area contributed by atoms with Gasteiger partial charge in [-0.15, -0.1) is 0 Å². The van der Waals surface area contributed by atoms with Gasteiger partial charge in [-0.1, -0.05) is 0 Å². The summed E-state index contributed by atoms with van der Waals surface area (Å²) in [5.74, 6) is 0.857. The first kappa shape index (κ1) is 8.96. The normalized spacial score (nSPS) is 10.7. The number of nitrogens with one attached hydrogen (secondary N) is 2. The highest BCUT2D eigenvalue weighted by Crippen LogP contribution is 2.13. The molecule has 0 unspecified atom stereocenters. The number of rotatable bonds is 3. The molecule has 0 aliphatic rings. The average molecular weight is 191 g/mol. The first-order chi connectivity index (χ1) is 6.81. The number of nitrogens with zero attached hydrogens (tertiary/aromatic N) is 3. The molecule has 74 valence electrons. The second-order valence-corrected chi connectivity index (χ2v) is 3.18. The third-order valence-electron chi connectivity index (χ3n) is 2.05. The first-order valence-electron chi connectivity index (χ1n) is 4.46. The molecule has 2 aromatic rings. The Kier molecular flexibility index (Phi) is 2.32. The molecule has 5 nitrogen and oxygen atoms in total. The number of hydrogen-bond donors (Lipinski definition) is 2. The first-order valence-corrected chi connectivity index (χ1v) is 4.46. The smallest absolute Gasteiger partial charge is 0.155 e. The van der Waals surface area contributed by atoms with Crippen molar-refractivity contribution in [3.63, 3.8) is 0 Å². The van der Waals surface area contributed by atoms with Gasteiger partial charge >= 0.3 is 0 Å². The van der Waals surface area contributed by atoms with Gasteiger partial charge in [0.05, 0.1) is 18.7 Å². The summed E-state index contributed by atoms with van der Waals surface area (Å²) in [5, 5.41) is 3.06. The van der Waals surface area contributed by atoms with E-state index in [9.17, 15) is 0 Å². The van der Waals surface area contributed by atoms with Crippen LogP contribution in [0.4, 0.5) is 0 Å². The zero-order valence-corrected chi connectivity index (χ0v) is 8.28. The summed E-state index contributed by atoms with van der Waals surface area (Å²) in [4.78, 5) is 11.5. The molecule has 0 saturated carbocycles. The standard InChI is InChI=1S/C9H13N5/c1-10-3-7-4-12-9(13-7)8-5-11-6-14(8)2/h4-6,10H,3H2,1-2H3,(H,12,13). The van der Waals surface area contributed by atoms with Gasteiger partial charge in [0.2, 0.25) is 0 Å².